The molecule has 1 rings (SSSR count). The van der Waals surface area contributed by atoms with Gasteiger partial charge in [-0.1, -0.05) is 39.0 Å². The molecule has 0 fully saturated rings. The van der Waals surface area contributed by atoms with E-state index in [0.29, 0.717) is 18.0 Å². The molecule has 0 unspecified atom stereocenters. The minimum Gasteiger partial charge on any atom is -0.493 e. The minimum absolute atomic E-state index is 0.0367. The molecule has 142 valence electrons. The average Bonchev–Trinajstić information content (AvgIpc) is 2.49. The fraction of sp³-hybridized carbons (Fsp3) is 0.619. The Hall–Kier alpha value is -1.52. The topological polar surface area (TPSA) is 50.7 Å². The first-order valence-corrected chi connectivity index (χ1v) is 8.93. The van der Waals surface area contributed by atoms with Crippen LogP contribution in [0.4, 0.5) is 0 Å². The van der Waals surface area contributed by atoms with E-state index in [1.165, 1.54) is 0 Å². The highest BCUT2D eigenvalue weighted by Gasteiger charge is 2.25. The van der Waals surface area contributed by atoms with Crippen molar-refractivity contribution in [2.75, 3.05) is 20.3 Å². The zero-order valence-electron chi connectivity index (χ0n) is 16.8. The first-order valence-electron chi connectivity index (χ1n) is 8.93. The number of ether oxygens (including phenoxy) is 2. The van der Waals surface area contributed by atoms with Gasteiger partial charge >= 0.3 is 0 Å². The predicted octanol–water partition coefficient (Wildman–Crippen LogP) is 4.27. The van der Waals surface area contributed by atoms with E-state index in [1.54, 1.807) is 7.11 Å². The summed E-state index contributed by atoms with van der Waals surface area (Å²) in [5, 5.41) is 13.7. The standard InChI is InChI=1S/C21H35NO3/c1-8-9-16-10-11-18(19(12-16)24-7)25-14-17(23)13-22-21(5,6)15-20(2,3)4/h8-12,17,22-23H,13-15H2,1-7H3/b9-8+/t17-/m1/s1. The van der Waals surface area contributed by atoms with E-state index in [2.05, 4.69) is 39.9 Å². The zero-order valence-corrected chi connectivity index (χ0v) is 16.8. The number of hydrogen-bond donors (Lipinski definition) is 2. The van der Waals surface area contributed by atoms with Gasteiger partial charge in [0, 0.05) is 12.1 Å². The van der Waals surface area contributed by atoms with Crippen molar-refractivity contribution in [1.29, 1.82) is 0 Å². The summed E-state index contributed by atoms with van der Waals surface area (Å²) in [6.45, 7) is 13.7. The van der Waals surface area contributed by atoms with Crippen LogP contribution < -0.4 is 14.8 Å². The molecule has 1 aromatic rings. The smallest absolute Gasteiger partial charge is 0.161 e. The van der Waals surface area contributed by atoms with Gasteiger partial charge in [-0.05, 0) is 50.3 Å². The molecule has 0 aliphatic heterocycles. The van der Waals surface area contributed by atoms with Crippen molar-refractivity contribution in [3.8, 4) is 11.5 Å². The lowest BCUT2D eigenvalue weighted by molar-refractivity contribution is 0.0930. The number of benzene rings is 1. The number of nitrogens with one attached hydrogen (secondary N) is 1. The maximum Gasteiger partial charge on any atom is 0.161 e. The van der Waals surface area contributed by atoms with Crippen LogP contribution in [0.3, 0.4) is 0 Å². The molecule has 0 amide bonds. The molecular weight excluding hydrogens is 314 g/mol. The summed E-state index contributed by atoms with van der Waals surface area (Å²) >= 11 is 0. The molecule has 4 nitrogen and oxygen atoms in total. The van der Waals surface area contributed by atoms with Gasteiger partial charge in [-0.3, -0.25) is 0 Å². The molecule has 0 radical (unpaired) electrons. The van der Waals surface area contributed by atoms with Crippen LogP contribution in [0.15, 0.2) is 24.3 Å². The minimum atomic E-state index is -0.584. The summed E-state index contributed by atoms with van der Waals surface area (Å²) < 4.78 is 11.1. The fourth-order valence-corrected chi connectivity index (χ4v) is 3.13. The Morgan fingerprint density at radius 1 is 1.16 bits per heavy atom. The molecule has 0 aliphatic carbocycles. The highest BCUT2D eigenvalue weighted by Crippen LogP contribution is 2.29. The van der Waals surface area contributed by atoms with E-state index in [9.17, 15) is 5.11 Å². The number of aliphatic hydroxyl groups is 1. The number of hydrogen-bond acceptors (Lipinski definition) is 4. The van der Waals surface area contributed by atoms with Crippen molar-refractivity contribution in [1.82, 2.24) is 5.32 Å². The quantitative estimate of drug-likeness (QED) is 0.699. The summed E-state index contributed by atoms with van der Waals surface area (Å²) in [5.41, 5.74) is 1.25. The largest absolute Gasteiger partial charge is 0.493 e. The normalized spacial score (nSPS) is 13.9. The van der Waals surface area contributed by atoms with Gasteiger partial charge in [0.05, 0.1) is 7.11 Å². The van der Waals surface area contributed by atoms with Gasteiger partial charge < -0.3 is 19.9 Å². The molecule has 1 atom stereocenters. The first-order chi connectivity index (χ1) is 11.6. The molecule has 25 heavy (non-hydrogen) atoms. The highest BCUT2D eigenvalue weighted by atomic mass is 16.5. The van der Waals surface area contributed by atoms with Crippen molar-refractivity contribution in [3.05, 3.63) is 29.8 Å². The van der Waals surface area contributed by atoms with Crippen LogP contribution in [-0.4, -0.2) is 37.0 Å². The van der Waals surface area contributed by atoms with Crippen LogP contribution in [0.1, 0.15) is 53.5 Å². The van der Waals surface area contributed by atoms with E-state index in [0.717, 1.165) is 12.0 Å². The molecule has 4 heteroatoms. The molecule has 0 saturated carbocycles. The van der Waals surface area contributed by atoms with Crippen LogP contribution in [0.25, 0.3) is 6.08 Å². The van der Waals surface area contributed by atoms with Gasteiger partial charge in [-0.15, -0.1) is 0 Å². The fourth-order valence-electron chi connectivity index (χ4n) is 3.13. The van der Waals surface area contributed by atoms with E-state index >= 15 is 0 Å². The molecule has 0 spiro atoms. The Kier molecular flexibility index (Phi) is 7.97. The molecule has 1 aromatic carbocycles. The second-order valence-corrected chi connectivity index (χ2v) is 8.38. The average molecular weight is 350 g/mol. The molecule has 0 aliphatic rings. The number of aliphatic hydroxyl groups excluding tert-OH is 1. The predicted molar refractivity (Wildman–Crippen MR) is 105 cm³/mol. The highest BCUT2D eigenvalue weighted by molar-refractivity contribution is 5.55. The van der Waals surface area contributed by atoms with Crippen LogP contribution in [-0.2, 0) is 0 Å². The maximum absolute atomic E-state index is 10.2. The lowest BCUT2D eigenvalue weighted by atomic mass is 9.82. The zero-order chi connectivity index (χ0) is 19.1. The van der Waals surface area contributed by atoms with E-state index in [4.69, 9.17) is 9.47 Å². The van der Waals surface area contributed by atoms with Crippen molar-refractivity contribution in [2.24, 2.45) is 5.41 Å². The second-order valence-electron chi connectivity index (χ2n) is 8.38. The van der Waals surface area contributed by atoms with Crippen LogP contribution in [0.2, 0.25) is 0 Å². The number of rotatable bonds is 9. The maximum atomic E-state index is 10.2. The van der Waals surface area contributed by atoms with Gasteiger partial charge in [0.15, 0.2) is 11.5 Å². The van der Waals surface area contributed by atoms with Crippen molar-refractivity contribution < 1.29 is 14.6 Å². The monoisotopic (exact) mass is 349 g/mol. The third kappa shape index (κ3) is 8.41. The van der Waals surface area contributed by atoms with Crippen molar-refractivity contribution in [2.45, 2.75) is 59.6 Å². The Balaban J connectivity index is 2.55. The lowest BCUT2D eigenvalue weighted by Gasteiger charge is -2.34. The molecule has 0 saturated heterocycles. The summed E-state index contributed by atoms with van der Waals surface area (Å²) in [6.07, 6.45) is 4.42. The van der Waals surface area contributed by atoms with E-state index < -0.39 is 6.10 Å². The van der Waals surface area contributed by atoms with Crippen LogP contribution in [0, 0.1) is 5.41 Å². The van der Waals surface area contributed by atoms with Crippen molar-refractivity contribution >= 4 is 6.08 Å². The third-order valence-electron chi connectivity index (χ3n) is 3.77. The summed E-state index contributed by atoms with van der Waals surface area (Å²) in [7, 11) is 1.62. The SMILES string of the molecule is C/C=C/c1ccc(OC[C@H](O)CNC(C)(C)CC(C)(C)C)c(OC)c1. The van der Waals surface area contributed by atoms with Gasteiger partial charge in [0.2, 0.25) is 0 Å². The van der Waals surface area contributed by atoms with Crippen LogP contribution in [0.5, 0.6) is 11.5 Å². The Labute approximate surface area is 153 Å². The third-order valence-corrected chi connectivity index (χ3v) is 3.77. The molecule has 0 aromatic heterocycles. The number of allylic oxidation sites excluding steroid dienone is 1. The van der Waals surface area contributed by atoms with Crippen molar-refractivity contribution in [3.63, 3.8) is 0 Å². The van der Waals surface area contributed by atoms with E-state index in [-0.39, 0.29) is 17.6 Å². The first kappa shape index (κ1) is 21.5. The Bertz CT molecular complexity index is 559. The lowest BCUT2D eigenvalue weighted by Crippen LogP contribution is -2.46. The molecule has 0 heterocycles. The van der Waals surface area contributed by atoms with Gasteiger partial charge in [-0.2, -0.15) is 0 Å². The van der Waals surface area contributed by atoms with Crippen LogP contribution >= 0.6 is 0 Å². The molecular formula is C21H35NO3. The summed E-state index contributed by atoms with van der Waals surface area (Å²) in [4.78, 5) is 0. The van der Waals surface area contributed by atoms with Gasteiger partial charge in [0.25, 0.3) is 0 Å². The number of methoxy groups -OCH3 is 1. The summed E-state index contributed by atoms with van der Waals surface area (Å²) in [6, 6.07) is 5.76. The molecule has 0 bridgehead atoms. The van der Waals surface area contributed by atoms with E-state index in [1.807, 2.05) is 37.3 Å². The Morgan fingerprint density at radius 2 is 1.84 bits per heavy atom. The second kappa shape index (κ2) is 9.25. The Morgan fingerprint density at radius 3 is 2.40 bits per heavy atom. The number of β-amino-alcohol motifs (C(OH)–C–C–N with tert-alkyl or cyclic N) is 1. The summed E-state index contributed by atoms with van der Waals surface area (Å²) in [5.74, 6) is 1.31. The van der Waals surface area contributed by atoms with Gasteiger partial charge in [-0.25, -0.2) is 0 Å². The van der Waals surface area contributed by atoms with Gasteiger partial charge in [0.1, 0.15) is 12.7 Å². The molecule has 2 N–H and O–H groups in total.